The van der Waals surface area contributed by atoms with Crippen molar-refractivity contribution < 1.29 is 18.0 Å². The van der Waals surface area contributed by atoms with Crippen molar-refractivity contribution in [1.29, 1.82) is 0 Å². The zero-order valence-corrected chi connectivity index (χ0v) is 23.1. The van der Waals surface area contributed by atoms with E-state index in [4.69, 9.17) is 23.2 Å². The molecule has 0 spiro atoms. The highest BCUT2D eigenvalue weighted by Crippen LogP contribution is 2.31. The predicted octanol–water partition coefficient (Wildman–Crippen LogP) is 5.05. The average molecular weight is 563 g/mol. The largest absolute Gasteiger partial charge is 0.355 e. The topological polar surface area (TPSA) is 86.8 Å². The van der Waals surface area contributed by atoms with Gasteiger partial charge in [0.05, 0.1) is 15.6 Å². The normalized spacial score (nSPS) is 12.0. The number of sulfonamides is 1. The number of nitrogens with one attached hydrogen (secondary N) is 1. The lowest BCUT2D eigenvalue weighted by molar-refractivity contribution is -0.139. The van der Waals surface area contributed by atoms with E-state index < -0.39 is 28.5 Å². The number of para-hydroxylation sites is 1. The smallest absolute Gasteiger partial charge is 0.264 e. The van der Waals surface area contributed by atoms with Crippen LogP contribution < -0.4 is 9.62 Å². The molecule has 0 aromatic heterocycles. The molecule has 0 fully saturated rings. The fourth-order valence-corrected chi connectivity index (χ4v) is 5.68. The third kappa shape index (κ3) is 7.03. The summed E-state index contributed by atoms with van der Waals surface area (Å²) < 4.78 is 28.5. The Morgan fingerprint density at radius 1 is 0.973 bits per heavy atom. The summed E-state index contributed by atoms with van der Waals surface area (Å²) in [6.07, 6.45) is 0. The van der Waals surface area contributed by atoms with Gasteiger partial charge in [0.15, 0.2) is 0 Å². The molecule has 0 aliphatic rings. The monoisotopic (exact) mass is 561 g/mol. The first-order valence-corrected chi connectivity index (χ1v) is 13.9. The Kier molecular flexibility index (Phi) is 9.59. The first-order valence-electron chi connectivity index (χ1n) is 11.7. The molecule has 3 rings (SSSR count). The van der Waals surface area contributed by atoms with Crippen LogP contribution in [-0.4, -0.2) is 44.3 Å². The molecule has 2 amide bonds. The number of aryl methyl sites for hydroxylation is 1. The van der Waals surface area contributed by atoms with Crippen LogP contribution in [-0.2, 0) is 26.2 Å². The van der Waals surface area contributed by atoms with E-state index >= 15 is 0 Å². The van der Waals surface area contributed by atoms with Gasteiger partial charge in [0.25, 0.3) is 10.0 Å². The van der Waals surface area contributed by atoms with Crippen LogP contribution in [0.2, 0.25) is 10.0 Å². The minimum atomic E-state index is -4.18. The van der Waals surface area contributed by atoms with Crippen molar-refractivity contribution in [2.24, 2.45) is 0 Å². The van der Waals surface area contributed by atoms with Crippen molar-refractivity contribution in [1.82, 2.24) is 10.2 Å². The van der Waals surface area contributed by atoms with Gasteiger partial charge in [-0.25, -0.2) is 8.42 Å². The van der Waals surface area contributed by atoms with Gasteiger partial charge in [0, 0.05) is 18.1 Å². The van der Waals surface area contributed by atoms with E-state index in [9.17, 15) is 18.0 Å². The summed E-state index contributed by atoms with van der Waals surface area (Å²) in [6.45, 7) is 5.10. The number of hydrogen-bond acceptors (Lipinski definition) is 4. The van der Waals surface area contributed by atoms with E-state index in [-0.39, 0.29) is 28.1 Å². The summed E-state index contributed by atoms with van der Waals surface area (Å²) in [5.74, 6) is -0.933. The van der Waals surface area contributed by atoms with Crippen molar-refractivity contribution in [2.75, 3.05) is 17.4 Å². The molecule has 0 aliphatic heterocycles. The molecule has 0 bridgehead atoms. The predicted molar refractivity (Wildman–Crippen MR) is 147 cm³/mol. The number of likely N-dealkylation sites (N-methyl/N-ethyl adjacent to an activating group) is 1. The SMILES string of the molecule is CCNC(=O)[C@H](C)N(Cc1cccc(Cl)c1)C(=O)CN(c1ccccc1Cl)S(=O)(=O)c1ccc(C)cc1. The Labute approximate surface area is 228 Å². The molecule has 3 aromatic rings. The van der Waals surface area contributed by atoms with Crippen LogP contribution >= 0.6 is 23.2 Å². The van der Waals surface area contributed by atoms with Gasteiger partial charge in [-0.05, 0) is 62.7 Å². The molecule has 0 aliphatic carbocycles. The number of anilines is 1. The molecule has 10 heteroatoms. The van der Waals surface area contributed by atoms with Gasteiger partial charge in [0.1, 0.15) is 12.6 Å². The van der Waals surface area contributed by atoms with Gasteiger partial charge in [-0.15, -0.1) is 0 Å². The van der Waals surface area contributed by atoms with E-state index in [1.165, 1.54) is 23.1 Å². The van der Waals surface area contributed by atoms with Crippen LogP contribution in [0.1, 0.15) is 25.0 Å². The standard InChI is InChI=1S/C27H29Cl2N3O4S/c1-4-30-27(34)20(3)31(17-21-8-7-9-22(28)16-21)26(33)18-32(25-11-6-5-10-24(25)29)37(35,36)23-14-12-19(2)13-15-23/h5-16,20H,4,17-18H2,1-3H3,(H,30,34)/t20-/m0/s1. The van der Waals surface area contributed by atoms with Gasteiger partial charge in [-0.1, -0.05) is 65.2 Å². The second kappa shape index (κ2) is 12.4. The highest BCUT2D eigenvalue weighted by Gasteiger charge is 2.33. The molecule has 0 saturated heterocycles. The molecule has 7 nitrogen and oxygen atoms in total. The summed E-state index contributed by atoms with van der Waals surface area (Å²) in [4.78, 5) is 27.9. The Bertz CT molecular complexity index is 1360. The van der Waals surface area contributed by atoms with Gasteiger partial charge in [-0.3, -0.25) is 13.9 Å². The molecule has 0 unspecified atom stereocenters. The summed E-state index contributed by atoms with van der Waals surface area (Å²) in [7, 11) is -4.18. The molecular formula is C27H29Cl2N3O4S. The first-order chi connectivity index (χ1) is 17.5. The van der Waals surface area contributed by atoms with Crippen LogP contribution in [0.25, 0.3) is 0 Å². The first kappa shape index (κ1) is 28.5. The fraction of sp³-hybridized carbons (Fsp3) is 0.259. The molecule has 196 valence electrons. The van der Waals surface area contributed by atoms with E-state index in [1.807, 2.05) is 6.92 Å². The Balaban J connectivity index is 2.04. The molecule has 1 N–H and O–H groups in total. The van der Waals surface area contributed by atoms with Crippen LogP contribution in [0.5, 0.6) is 0 Å². The molecule has 0 heterocycles. The Hall–Kier alpha value is -3.07. The average Bonchev–Trinajstić information content (AvgIpc) is 2.86. The van der Waals surface area contributed by atoms with Crippen molar-refractivity contribution in [2.45, 2.75) is 38.3 Å². The summed E-state index contributed by atoms with van der Waals surface area (Å²) in [6, 6.07) is 18.8. The Morgan fingerprint density at radius 3 is 2.27 bits per heavy atom. The molecule has 37 heavy (non-hydrogen) atoms. The highest BCUT2D eigenvalue weighted by molar-refractivity contribution is 7.92. The molecule has 0 radical (unpaired) electrons. The second-order valence-electron chi connectivity index (χ2n) is 8.50. The number of benzene rings is 3. The molecular weight excluding hydrogens is 533 g/mol. The lowest BCUT2D eigenvalue weighted by Crippen LogP contribution is -2.51. The molecule has 3 aromatic carbocycles. The second-order valence-corrected chi connectivity index (χ2v) is 11.2. The van der Waals surface area contributed by atoms with E-state index in [1.54, 1.807) is 68.4 Å². The number of nitrogens with zero attached hydrogens (tertiary/aromatic N) is 2. The maximum Gasteiger partial charge on any atom is 0.264 e. The zero-order valence-electron chi connectivity index (χ0n) is 20.8. The van der Waals surface area contributed by atoms with E-state index in [0.29, 0.717) is 17.1 Å². The van der Waals surface area contributed by atoms with Crippen molar-refractivity contribution in [3.8, 4) is 0 Å². The lowest BCUT2D eigenvalue weighted by atomic mass is 10.1. The molecule has 1 atom stereocenters. The zero-order chi connectivity index (χ0) is 27.2. The van der Waals surface area contributed by atoms with Crippen LogP contribution in [0, 0.1) is 6.92 Å². The van der Waals surface area contributed by atoms with Gasteiger partial charge >= 0.3 is 0 Å². The number of halogens is 2. The van der Waals surface area contributed by atoms with Gasteiger partial charge in [-0.2, -0.15) is 0 Å². The fourth-order valence-electron chi connectivity index (χ4n) is 3.74. The number of rotatable bonds is 10. The van der Waals surface area contributed by atoms with Crippen molar-refractivity contribution in [3.63, 3.8) is 0 Å². The highest BCUT2D eigenvalue weighted by atomic mass is 35.5. The van der Waals surface area contributed by atoms with Crippen molar-refractivity contribution >= 4 is 50.7 Å². The third-order valence-electron chi connectivity index (χ3n) is 5.77. The van der Waals surface area contributed by atoms with E-state index in [0.717, 1.165) is 9.87 Å². The van der Waals surface area contributed by atoms with Gasteiger partial charge in [0.2, 0.25) is 11.8 Å². The quantitative estimate of drug-likeness (QED) is 0.375. The lowest BCUT2D eigenvalue weighted by Gasteiger charge is -2.32. The maximum atomic E-state index is 13.8. The van der Waals surface area contributed by atoms with Crippen LogP contribution in [0.3, 0.4) is 0 Å². The van der Waals surface area contributed by atoms with E-state index in [2.05, 4.69) is 5.32 Å². The summed E-state index contributed by atoms with van der Waals surface area (Å²) in [5, 5.41) is 3.37. The molecule has 0 saturated carbocycles. The number of amides is 2. The number of hydrogen-bond donors (Lipinski definition) is 1. The maximum absolute atomic E-state index is 13.8. The van der Waals surface area contributed by atoms with Crippen LogP contribution in [0.15, 0.2) is 77.7 Å². The summed E-state index contributed by atoms with van der Waals surface area (Å²) >= 11 is 12.5. The number of carbonyl (C=O) groups excluding carboxylic acids is 2. The third-order valence-corrected chi connectivity index (χ3v) is 8.10. The minimum Gasteiger partial charge on any atom is -0.355 e. The minimum absolute atomic E-state index is 0.0176. The number of carbonyl (C=O) groups is 2. The van der Waals surface area contributed by atoms with Crippen LogP contribution in [0.4, 0.5) is 5.69 Å². The van der Waals surface area contributed by atoms with Crippen molar-refractivity contribution in [3.05, 3.63) is 94.0 Å². The van der Waals surface area contributed by atoms with Gasteiger partial charge < -0.3 is 10.2 Å². The Morgan fingerprint density at radius 2 is 1.65 bits per heavy atom. The summed E-state index contributed by atoms with van der Waals surface area (Å²) in [5.41, 5.74) is 1.75.